The average Bonchev–Trinajstić information content (AvgIpc) is 2.96. The Hall–Kier alpha value is -2.61. The standard InChI is InChI=1S/C15H12F3N3O2/c1-19-13-8-21(22)14(12-3-2-6-23-12)10-7-9(15(16,17)18)4-5-11(10)20-13/h2-7,22H,8H2,1H3. The van der Waals surface area contributed by atoms with E-state index in [0.717, 1.165) is 17.2 Å². The van der Waals surface area contributed by atoms with Crippen LogP contribution in [0.3, 0.4) is 0 Å². The van der Waals surface area contributed by atoms with Gasteiger partial charge in [0.15, 0.2) is 5.76 Å². The minimum absolute atomic E-state index is 0.0669. The second kappa shape index (κ2) is 5.54. The van der Waals surface area contributed by atoms with Crippen LogP contribution < -0.4 is 10.6 Å². The number of fused-ring (bicyclic) bond motifs is 1. The van der Waals surface area contributed by atoms with E-state index in [9.17, 15) is 18.4 Å². The molecule has 1 aromatic heterocycles. The maximum absolute atomic E-state index is 13.0. The Morgan fingerprint density at radius 2 is 2.09 bits per heavy atom. The molecule has 1 aliphatic rings. The summed E-state index contributed by atoms with van der Waals surface area (Å²) in [5.41, 5.74) is -0.723. The van der Waals surface area contributed by atoms with Crippen LogP contribution in [-0.4, -0.2) is 29.7 Å². The lowest BCUT2D eigenvalue weighted by Crippen LogP contribution is -2.33. The van der Waals surface area contributed by atoms with Crippen LogP contribution in [0.2, 0.25) is 0 Å². The Labute approximate surface area is 128 Å². The van der Waals surface area contributed by atoms with Crippen molar-refractivity contribution >= 4 is 11.5 Å². The summed E-state index contributed by atoms with van der Waals surface area (Å²) in [5.74, 6) is 0.524. The van der Waals surface area contributed by atoms with Crippen molar-refractivity contribution in [2.24, 2.45) is 9.98 Å². The largest absolute Gasteiger partial charge is 0.463 e. The van der Waals surface area contributed by atoms with Crippen molar-refractivity contribution in [1.82, 2.24) is 5.06 Å². The molecule has 0 saturated heterocycles. The summed E-state index contributed by atoms with van der Waals surface area (Å²) in [7, 11) is 1.49. The molecule has 0 aliphatic carbocycles. The molecule has 0 amide bonds. The zero-order valence-corrected chi connectivity index (χ0v) is 12.0. The van der Waals surface area contributed by atoms with Crippen molar-refractivity contribution in [1.29, 1.82) is 0 Å². The molecule has 8 heteroatoms. The molecule has 120 valence electrons. The minimum atomic E-state index is -4.50. The van der Waals surface area contributed by atoms with Gasteiger partial charge in [-0.3, -0.25) is 10.2 Å². The van der Waals surface area contributed by atoms with Crippen LogP contribution >= 0.6 is 0 Å². The highest BCUT2D eigenvalue weighted by Gasteiger charge is 2.31. The molecule has 0 unspecified atom stereocenters. The van der Waals surface area contributed by atoms with Crippen LogP contribution in [-0.2, 0) is 6.18 Å². The number of hydrogen-bond acceptors (Lipinski definition) is 4. The summed E-state index contributed by atoms with van der Waals surface area (Å²) < 4.78 is 44.3. The second-order valence-corrected chi connectivity index (χ2v) is 4.86. The normalized spacial score (nSPS) is 17.0. The summed E-state index contributed by atoms with van der Waals surface area (Å²) in [4.78, 5) is 8.14. The first kappa shape index (κ1) is 15.3. The second-order valence-electron chi connectivity index (χ2n) is 4.86. The Morgan fingerprint density at radius 1 is 1.30 bits per heavy atom. The lowest BCUT2D eigenvalue weighted by atomic mass is 10.1. The third-order valence-electron chi connectivity index (χ3n) is 3.39. The van der Waals surface area contributed by atoms with Gasteiger partial charge in [0.1, 0.15) is 18.1 Å². The quantitative estimate of drug-likeness (QED) is 0.871. The van der Waals surface area contributed by atoms with Crippen LogP contribution in [0.4, 0.5) is 13.2 Å². The molecule has 0 saturated carbocycles. The number of amidine groups is 1. The van der Waals surface area contributed by atoms with E-state index in [1.807, 2.05) is 0 Å². The van der Waals surface area contributed by atoms with Crippen LogP contribution in [0.15, 0.2) is 51.0 Å². The van der Waals surface area contributed by atoms with Crippen LogP contribution in [0.1, 0.15) is 11.3 Å². The third-order valence-corrected chi connectivity index (χ3v) is 3.39. The highest BCUT2D eigenvalue weighted by Crippen LogP contribution is 2.28. The van der Waals surface area contributed by atoms with Gasteiger partial charge >= 0.3 is 6.18 Å². The molecule has 2 heterocycles. The maximum Gasteiger partial charge on any atom is 0.416 e. The number of hydrogen-bond donors (Lipinski definition) is 1. The van der Waals surface area contributed by atoms with Gasteiger partial charge in [0.2, 0.25) is 0 Å². The van der Waals surface area contributed by atoms with Gasteiger partial charge in [-0.15, -0.1) is 0 Å². The van der Waals surface area contributed by atoms with Crippen molar-refractivity contribution in [3.63, 3.8) is 0 Å². The van der Waals surface area contributed by atoms with Gasteiger partial charge in [0.05, 0.1) is 17.2 Å². The predicted molar refractivity (Wildman–Crippen MR) is 75.3 cm³/mol. The van der Waals surface area contributed by atoms with Gasteiger partial charge in [-0.05, 0) is 30.3 Å². The Kier molecular flexibility index (Phi) is 3.69. The number of benzene rings is 1. The molecule has 1 aliphatic heterocycles. The molecule has 1 N–H and O–H groups in total. The molecule has 0 spiro atoms. The van der Waals surface area contributed by atoms with Crippen LogP contribution in [0.5, 0.6) is 0 Å². The number of furan rings is 1. The third kappa shape index (κ3) is 2.85. The lowest BCUT2D eigenvalue weighted by Gasteiger charge is -2.17. The zero-order chi connectivity index (χ0) is 16.6. The van der Waals surface area contributed by atoms with E-state index in [0.29, 0.717) is 0 Å². The van der Waals surface area contributed by atoms with Crippen molar-refractivity contribution in [2.75, 3.05) is 13.6 Å². The highest BCUT2D eigenvalue weighted by molar-refractivity contribution is 5.86. The summed E-state index contributed by atoms with van der Waals surface area (Å²) in [6, 6.07) is 6.28. The Bertz CT molecular complexity index is 870. The molecular weight excluding hydrogens is 311 g/mol. The monoisotopic (exact) mass is 323 g/mol. The van der Waals surface area contributed by atoms with Crippen molar-refractivity contribution in [2.45, 2.75) is 6.18 Å². The van der Waals surface area contributed by atoms with Gasteiger partial charge < -0.3 is 4.42 Å². The molecule has 3 rings (SSSR count). The fourth-order valence-corrected chi connectivity index (χ4v) is 2.32. The minimum Gasteiger partial charge on any atom is -0.463 e. The van der Waals surface area contributed by atoms with E-state index in [4.69, 9.17) is 4.42 Å². The summed E-state index contributed by atoms with van der Waals surface area (Å²) in [6.45, 7) is -0.0669. The summed E-state index contributed by atoms with van der Waals surface area (Å²) in [6.07, 6.45) is -3.13. The molecule has 0 atom stereocenters. The average molecular weight is 323 g/mol. The Morgan fingerprint density at radius 3 is 2.70 bits per heavy atom. The van der Waals surface area contributed by atoms with Gasteiger partial charge in [-0.25, -0.2) is 10.1 Å². The topological polar surface area (TPSA) is 61.3 Å². The van der Waals surface area contributed by atoms with Crippen LogP contribution in [0, 0.1) is 0 Å². The smallest absolute Gasteiger partial charge is 0.416 e. The van der Waals surface area contributed by atoms with Crippen molar-refractivity contribution < 1.29 is 22.8 Å². The number of halogens is 3. The first-order chi connectivity index (χ1) is 10.9. The molecule has 0 radical (unpaired) electrons. The zero-order valence-electron chi connectivity index (χ0n) is 12.0. The fourth-order valence-electron chi connectivity index (χ4n) is 2.32. The van der Waals surface area contributed by atoms with E-state index >= 15 is 0 Å². The first-order valence-electron chi connectivity index (χ1n) is 6.66. The Balaban J connectivity index is 2.41. The highest BCUT2D eigenvalue weighted by atomic mass is 19.4. The first-order valence-corrected chi connectivity index (χ1v) is 6.66. The van der Waals surface area contributed by atoms with Gasteiger partial charge in [-0.1, -0.05) is 0 Å². The summed E-state index contributed by atoms with van der Waals surface area (Å²) in [5, 5.41) is 11.5. The van der Waals surface area contributed by atoms with E-state index < -0.39 is 11.7 Å². The van der Waals surface area contributed by atoms with E-state index in [2.05, 4.69) is 9.98 Å². The van der Waals surface area contributed by atoms with Gasteiger partial charge in [-0.2, -0.15) is 13.2 Å². The number of nitrogens with zero attached hydrogens (tertiary/aromatic N) is 3. The maximum atomic E-state index is 13.0. The fraction of sp³-hybridized carbons (Fsp3) is 0.200. The van der Waals surface area contributed by atoms with E-state index in [-0.39, 0.29) is 34.4 Å². The molecule has 2 aromatic rings. The number of aliphatic imine (C=N–C) groups is 1. The molecule has 23 heavy (non-hydrogen) atoms. The van der Waals surface area contributed by atoms with E-state index in [1.165, 1.54) is 19.4 Å². The number of alkyl halides is 3. The van der Waals surface area contributed by atoms with Crippen molar-refractivity contribution in [3.8, 4) is 0 Å². The van der Waals surface area contributed by atoms with Gasteiger partial charge in [0.25, 0.3) is 0 Å². The number of rotatable bonds is 1. The van der Waals surface area contributed by atoms with Gasteiger partial charge in [0, 0.05) is 12.3 Å². The predicted octanol–water partition coefficient (Wildman–Crippen LogP) is 1.81. The number of hydroxylamine groups is 2. The molecule has 5 nitrogen and oxygen atoms in total. The summed E-state index contributed by atoms with van der Waals surface area (Å²) >= 11 is 0. The molecule has 0 bridgehead atoms. The van der Waals surface area contributed by atoms with Crippen molar-refractivity contribution in [3.05, 3.63) is 58.5 Å². The lowest BCUT2D eigenvalue weighted by molar-refractivity contribution is -0.137. The van der Waals surface area contributed by atoms with Crippen LogP contribution in [0.25, 0.3) is 5.70 Å². The molecule has 0 fully saturated rings. The molecule has 1 aromatic carbocycles. The molecular formula is C15H12F3N3O2. The van der Waals surface area contributed by atoms with E-state index in [1.54, 1.807) is 12.1 Å². The SMILES string of the molecule is CN=C1CN(O)C(c2ccco2)=c2cc(C(F)(F)F)ccc2=N1.